The monoisotopic (exact) mass is 436 g/mol. The Labute approximate surface area is 180 Å². The van der Waals surface area contributed by atoms with E-state index in [2.05, 4.69) is 20.3 Å². The zero-order valence-electron chi connectivity index (χ0n) is 16.2. The molecule has 31 heavy (non-hydrogen) atoms. The standard InChI is InChI=1S/C22H17FN4O3S/c23-15-9-13(5-6-16(15)26-21-27-17-3-1-2-4-18(17)31-21)14-10-24-20(25-11-14)30-12-22(7-8-22)19(28)29/h1-6,9-11H,7-8,12H2,(H,26,27)(H,28,29). The van der Waals surface area contributed by atoms with E-state index in [-0.39, 0.29) is 12.6 Å². The van der Waals surface area contributed by atoms with Crippen molar-refractivity contribution in [3.8, 4) is 17.1 Å². The number of thiazole rings is 1. The van der Waals surface area contributed by atoms with E-state index in [4.69, 9.17) is 4.74 Å². The average molecular weight is 436 g/mol. The molecule has 1 aliphatic carbocycles. The first-order valence-corrected chi connectivity index (χ1v) is 10.4. The number of para-hydroxylation sites is 1. The Bertz CT molecular complexity index is 1240. The van der Waals surface area contributed by atoms with Crippen LogP contribution >= 0.6 is 11.3 Å². The molecule has 9 heteroatoms. The van der Waals surface area contributed by atoms with Crippen LogP contribution in [-0.2, 0) is 4.79 Å². The van der Waals surface area contributed by atoms with Crippen molar-refractivity contribution in [1.29, 1.82) is 0 Å². The highest BCUT2D eigenvalue weighted by molar-refractivity contribution is 7.22. The van der Waals surface area contributed by atoms with E-state index in [1.54, 1.807) is 12.1 Å². The van der Waals surface area contributed by atoms with Gasteiger partial charge in [0, 0.05) is 18.0 Å². The van der Waals surface area contributed by atoms with Crippen LogP contribution in [0, 0.1) is 11.2 Å². The summed E-state index contributed by atoms with van der Waals surface area (Å²) >= 11 is 1.46. The van der Waals surface area contributed by atoms with Gasteiger partial charge in [0.2, 0.25) is 0 Å². The van der Waals surface area contributed by atoms with Gasteiger partial charge in [-0.25, -0.2) is 19.3 Å². The first kappa shape index (κ1) is 19.4. The van der Waals surface area contributed by atoms with Crippen molar-refractivity contribution >= 4 is 38.3 Å². The smallest absolute Gasteiger partial charge is 0.316 e. The highest BCUT2D eigenvalue weighted by Gasteiger charge is 2.51. The van der Waals surface area contributed by atoms with Gasteiger partial charge in [-0.2, -0.15) is 0 Å². The van der Waals surface area contributed by atoms with Crippen LogP contribution in [0.15, 0.2) is 54.9 Å². The van der Waals surface area contributed by atoms with Gasteiger partial charge in [-0.3, -0.25) is 4.79 Å². The van der Waals surface area contributed by atoms with Crippen molar-refractivity contribution in [1.82, 2.24) is 15.0 Å². The molecule has 0 saturated heterocycles. The van der Waals surface area contributed by atoms with Gasteiger partial charge in [-0.15, -0.1) is 0 Å². The van der Waals surface area contributed by atoms with Crippen LogP contribution < -0.4 is 10.1 Å². The van der Waals surface area contributed by atoms with Gasteiger partial charge in [0.25, 0.3) is 0 Å². The third-order valence-electron chi connectivity index (χ3n) is 5.25. The van der Waals surface area contributed by atoms with Gasteiger partial charge in [-0.1, -0.05) is 29.5 Å². The van der Waals surface area contributed by atoms with Crippen molar-refractivity contribution in [3.63, 3.8) is 0 Å². The molecular weight excluding hydrogens is 419 g/mol. The Morgan fingerprint density at radius 2 is 1.94 bits per heavy atom. The third kappa shape index (κ3) is 3.91. The number of fused-ring (bicyclic) bond motifs is 1. The van der Waals surface area contributed by atoms with Gasteiger partial charge in [0.05, 0.1) is 15.9 Å². The maximum Gasteiger partial charge on any atom is 0.316 e. The maximum atomic E-state index is 14.7. The molecule has 4 aromatic rings. The minimum Gasteiger partial charge on any atom is -0.481 e. The summed E-state index contributed by atoms with van der Waals surface area (Å²) in [6, 6.07) is 12.6. The molecule has 0 bridgehead atoms. The Kier molecular flexibility index (Phi) is 4.74. The predicted octanol–water partition coefficient (Wildman–Crippen LogP) is 4.88. The summed E-state index contributed by atoms with van der Waals surface area (Å²) in [5.74, 6) is -1.28. The third-order valence-corrected chi connectivity index (χ3v) is 6.20. The van der Waals surface area contributed by atoms with E-state index in [0.717, 1.165) is 10.2 Å². The highest BCUT2D eigenvalue weighted by atomic mass is 32.1. The molecule has 2 heterocycles. The molecule has 1 aliphatic rings. The number of halogens is 1. The van der Waals surface area contributed by atoms with Gasteiger partial charge in [0.1, 0.15) is 17.8 Å². The molecule has 0 amide bonds. The van der Waals surface area contributed by atoms with E-state index in [1.807, 2.05) is 24.3 Å². The number of aromatic nitrogens is 3. The predicted molar refractivity (Wildman–Crippen MR) is 115 cm³/mol. The van der Waals surface area contributed by atoms with Crippen molar-refractivity contribution in [2.24, 2.45) is 5.41 Å². The van der Waals surface area contributed by atoms with E-state index in [9.17, 15) is 14.3 Å². The second kappa shape index (κ2) is 7.59. The van der Waals surface area contributed by atoms with Crippen molar-refractivity contribution in [2.75, 3.05) is 11.9 Å². The molecule has 0 radical (unpaired) electrons. The van der Waals surface area contributed by atoms with E-state index in [1.165, 1.54) is 29.8 Å². The summed E-state index contributed by atoms with van der Waals surface area (Å²) in [5, 5.41) is 12.8. The molecule has 0 atom stereocenters. The molecule has 1 saturated carbocycles. The van der Waals surface area contributed by atoms with Gasteiger partial charge in [-0.05, 0) is 42.7 Å². The summed E-state index contributed by atoms with van der Waals surface area (Å²) in [7, 11) is 0. The first-order valence-electron chi connectivity index (χ1n) is 9.63. The fourth-order valence-electron chi connectivity index (χ4n) is 3.15. The normalized spacial score (nSPS) is 14.4. The molecule has 0 spiro atoms. The number of rotatable bonds is 7. The second-order valence-electron chi connectivity index (χ2n) is 7.43. The quantitative estimate of drug-likeness (QED) is 0.426. The molecular formula is C22H17FN4O3S. The average Bonchev–Trinajstić information content (AvgIpc) is 3.47. The van der Waals surface area contributed by atoms with Gasteiger partial charge < -0.3 is 15.2 Å². The largest absolute Gasteiger partial charge is 0.481 e. The van der Waals surface area contributed by atoms with Crippen LogP contribution in [-0.4, -0.2) is 32.6 Å². The Morgan fingerprint density at radius 3 is 2.61 bits per heavy atom. The number of anilines is 2. The first-order chi connectivity index (χ1) is 15.0. The lowest BCUT2D eigenvalue weighted by atomic mass is 10.1. The summed E-state index contributed by atoms with van der Waals surface area (Å²) in [6.45, 7) is 0.0441. The zero-order valence-corrected chi connectivity index (χ0v) is 17.0. The number of hydrogen-bond donors (Lipinski definition) is 2. The Morgan fingerprint density at radius 1 is 1.16 bits per heavy atom. The second-order valence-corrected chi connectivity index (χ2v) is 8.47. The fourth-order valence-corrected chi connectivity index (χ4v) is 4.03. The maximum absolute atomic E-state index is 14.7. The molecule has 5 rings (SSSR count). The molecule has 0 unspecified atom stereocenters. The fraction of sp³-hybridized carbons (Fsp3) is 0.182. The Hall–Kier alpha value is -3.59. The molecule has 0 aliphatic heterocycles. The van der Waals surface area contributed by atoms with Crippen LogP contribution in [0.25, 0.3) is 21.3 Å². The lowest BCUT2D eigenvalue weighted by Gasteiger charge is -2.10. The van der Waals surface area contributed by atoms with Crippen LogP contribution in [0.4, 0.5) is 15.2 Å². The van der Waals surface area contributed by atoms with Crippen LogP contribution in [0.5, 0.6) is 6.01 Å². The van der Waals surface area contributed by atoms with E-state index < -0.39 is 17.2 Å². The molecule has 2 N–H and O–H groups in total. The van der Waals surface area contributed by atoms with E-state index in [0.29, 0.717) is 34.8 Å². The topological polar surface area (TPSA) is 97.2 Å². The summed E-state index contributed by atoms with van der Waals surface area (Å²) in [4.78, 5) is 23.9. The summed E-state index contributed by atoms with van der Waals surface area (Å²) in [5.41, 5.74) is 1.62. The lowest BCUT2D eigenvalue weighted by Crippen LogP contribution is -2.23. The number of carbonyl (C=O) groups is 1. The zero-order chi connectivity index (χ0) is 21.4. The van der Waals surface area contributed by atoms with Crippen molar-refractivity contribution in [2.45, 2.75) is 12.8 Å². The number of nitrogens with zero attached hydrogens (tertiary/aromatic N) is 3. The number of carboxylic acids is 1. The number of benzene rings is 2. The van der Waals surface area contributed by atoms with Crippen LogP contribution in [0.1, 0.15) is 12.8 Å². The summed E-state index contributed by atoms with van der Waals surface area (Å²) < 4.78 is 21.1. The molecule has 2 aromatic heterocycles. The highest BCUT2D eigenvalue weighted by Crippen LogP contribution is 2.45. The van der Waals surface area contributed by atoms with Crippen molar-refractivity contribution in [3.05, 3.63) is 60.7 Å². The number of hydrogen-bond acceptors (Lipinski definition) is 7. The van der Waals surface area contributed by atoms with Crippen molar-refractivity contribution < 1.29 is 19.0 Å². The minimum atomic E-state index is -0.862. The van der Waals surface area contributed by atoms with Gasteiger partial charge >= 0.3 is 12.0 Å². The van der Waals surface area contributed by atoms with Crippen LogP contribution in [0.3, 0.4) is 0 Å². The molecule has 2 aromatic carbocycles. The molecule has 7 nitrogen and oxygen atoms in total. The Balaban J connectivity index is 1.28. The lowest BCUT2D eigenvalue weighted by molar-refractivity contribution is -0.144. The SMILES string of the molecule is O=C(O)C1(COc2ncc(-c3ccc(Nc4nc5ccccc5s4)c(F)c3)cn2)CC1. The molecule has 1 fully saturated rings. The molecule has 156 valence electrons. The van der Waals surface area contributed by atoms with Gasteiger partial charge in [0.15, 0.2) is 5.13 Å². The number of carboxylic acid groups (broad SMARTS) is 1. The summed E-state index contributed by atoms with van der Waals surface area (Å²) in [6.07, 6.45) is 4.24. The number of aliphatic carboxylic acids is 1. The number of nitrogens with one attached hydrogen (secondary N) is 1. The van der Waals surface area contributed by atoms with Crippen LogP contribution in [0.2, 0.25) is 0 Å². The minimum absolute atomic E-state index is 0.0441. The van der Waals surface area contributed by atoms with E-state index >= 15 is 0 Å². The number of ether oxygens (including phenoxy) is 1.